The van der Waals surface area contributed by atoms with Crippen molar-refractivity contribution in [2.45, 2.75) is 12.5 Å². The molecule has 0 unspecified atom stereocenters. The number of aliphatic carboxylic acids is 1. The van der Waals surface area contributed by atoms with Gasteiger partial charge >= 0.3 is 11.9 Å². The van der Waals surface area contributed by atoms with Gasteiger partial charge in [0.15, 0.2) is 0 Å². The molecule has 18 heavy (non-hydrogen) atoms. The topological polar surface area (TPSA) is 66.8 Å². The van der Waals surface area contributed by atoms with Crippen LogP contribution in [0.25, 0.3) is 0 Å². The quantitative estimate of drug-likeness (QED) is 0.804. The van der Waals surface area contributed by atoms with Gasteiger partial charge in [-0.2, -0.15) is 0 Å². The van der Waals surface area contributed by atoms with E-state index in [1.807, 2.05) is 24.3 Å². The van der Waals surface area contributed by atoms with Crippen molar-refractivity contribution in [2.75, 3.05) is 20.2 Å². The fourth-order valence-corrected chi connectivity index (χ4v) is 2.35. The first-order chi connectivity index (χ1) is 8.63. The number of benzene rings is 1. The van der Waals surface area contributed by atoms with Crippen LogP contribution >= 0.6 is 0 Å². The lowest BCUT2D eigenvalue weighted by molar-refractivity contribution is -0.150. The molecule has 1 atom stereocenters. The smallest absolute Gasteiger partial charge is 0.327 e. The zero-order chi connectivity index (χ0) is 13.1. The largest absolute Gasteiger partial charge is 0.480 e. The number of fused-ring (bicyclic) bond motifs is 1. The second kappa shape index (κ2) is 5.18. The van der Waals surface area contributed by atoms with Gasteiger partial charge in [0, 0.05) is 6.54 Å². The first-order valence-corrected chi connectivity index (χ1v) is 5.75. The summed E-state index contributed by atoms with van der Waals surface area (Å²) in [5, 5.41) is 8.89. The van der Waals surface area contributed by atoms with Gasteiger partial charge in [0.05, 0.1) is 13.7 Å². The van der Waals surface area contributed by atoms with E-state index >= 15 is 0 Å². The number of carboxylic acid groups (broad SMARTS) is 1. The number of carbonyl (C=O) groups is 2. The van der Waals surface area contributed by atoms with Crippen LogP contribution in [0.5, 0.6) is 0 Å². The van der Waals surface area contributed by atoms with Gasteiger partial charge in [-0.25, -0.2) is 4.79 Å². The van der Waals surface area contributed by atoms with E-state index < -0.39 is 18.0 Å². The highest BCUT2D eigenvalue weighted by atomic mass is 16.5. The van der Waals surface area contributed by atoms with E-state index in [2.05, 4.69) is 0 Å². The Balaban J connectivity index is 2.36. The van der Waals surface area contributed by atoms with Crippen molar-refractivity contribution in [2.24, 2.45) is 0 Å². The van der Waals surface area contributed by atoms with E-state index in [-0.39, 0.29) is 6.54 Å². The summed E-state index contributed by atoms with van der Waals surface area (Å²) in [5.41, 5.74) is 1.92. The average molecular weight is 249 g/mol. The van der Waals surface area contributed by atoms with Gasteiger partial charge in [0.1, 0.15) is 6.04 Å². The minimum Gasteiger partial charge on any atom is -0.480 e. The molecular formula is C13H15NO4. The molecule has 0 radical (unpaired) electrons. The molecule has 1 aromatic rings. The highest BCUT2D eigenvalue weighted by Crippen LogP contribution is 2.30. The molecule has 0 amide bonds. The Hall–Kier alpha value is -1.88. The monoisotopic (exact) mass is 249 g/mol. The molecule has 0 aliphatic carbocycles. The third kappa shape index (κ3) is 2.36. The van der Waals surface area contributed by atoms with E-state index in [1.165, 1.54) is 7.11 Å². The Labute approximate surface area is 105 Å². The van der Waals surface area contributed by atoms with Gasteiger partial charge in [0.25, 0.3) is 0 Å². The van der Waals surface area contributed by atoms with Gasteiger partial charge in [-0.05, 0) is 17.5 Å². The molecule has 1 heterocycles. The number of hydrogen-bond donors (Lipinski definition) is 1. The van der Waals surface area contributed by atoms with Crippen LogP contribution in [-0.2, 0) is 20.7 Å². The van der Waals surface area contributed by atoms with Crippen LogP contribution < -0.4 is 0 Å². The summed E-state index contributed by atoms with van der Waals surface area (Å²) >= 11 is 0. The third-order valence-electron chi connectivity index (χ3n) is 3.15. The number of rotatable bonds is 3. The van der Waals surface area contributed by atoms with Crippen LogP contribution in [0.15, 0.2) is 24.3 Å². The molecule has 5 heteroatoms. The molecule has 0 aromatic heterocycles. The molecule has 0 saturated carbocycles. The van der Waals surface area contributed by atoms with Crippen molar-refractivity contribution in [3.63, 3.8) is 0 Å². The molecule has 0 saturated heterocycles. The predicted octanol–water partition coefficient (Wildman–Crippen LogP) is 0.843. The second-order valence-electron chi connectivity index (χ2n) is 4.24. The fourth-order valence-electron chi connectivity index (χ4n) is 2.35. The van der Waals surface area contributed by atoms with Crippen LogP contribution in [0.3, 0.4) is 0 Å². The minimum absolute atomic E-state index is 0.159. The lowest BCUT2D eigenvalue weighted by Gasteiger charge is -2.34. The van der Waals surface area contributed by atoms with Crippen molar-refractivity contribution in [3.05, 3.63) is 35.4 Å². The number of methoxy groups -OCH3 is 1. The highest BCUT2D eigenvalue weighted by molar-refractivity contribution is 5.79. The summed E-state index contributed by atoms with van der Waals surface area (Å²) < 4.78 is 4.78. The van der Waals surface area contributed by atoms with Crippen LogP contribution in [0.4, 0.5) is 0 Å². The molecule has 0 bridgehead atoms. The van der Waals surface area contributed by atoms with Crippen LogP contribution in [-0.4, -0.2) is 42.1 Å². The number of hydrogen-bond acceptors (Lipinski definition) is 4. The lowest BCUT2D eigenvalue weighted by atomic mass is 9.92. The lowest BCUT2D eigenvalue weighted by Crippen LogP contribution is -2.42. The van der Waals surface area contributed by atoms with Crippen molar-refractivity contribution >= 4 is 11.9 Å². The molecule has 96 valence electrons. The number of nitrogens with zero attached hydrogens (tertiary/aromatic N) is 1. The van der Waals surface area contributed by atoms with Crippen LogP contribution in [0.2, 0.25) is 0 Å². The molecular weight excluding hydrogens is 234 g/mol. The summed E-state index contributed by atoms with van der Waals surface area (Å²) in [7, 11) is 1.32. The zero-order valence-corrected chi connectivity index (χ0v) is 10.1. The molecule has 1 aromatic carbocycles. The fraction of sp³-hybridized carbons (Fsp3) is 0.385. The Morgan fingerprint density at radius 1 is 1.44 bits per heavy atom. The molecule has 1 aliphatic rings. The molecule has 2 rings (SSSR count). The highest BCUT2D eigenvalue weighted by Gasteiger charge is 2.34. The van der Waals surface area contributed by atoms with Crippen LogP contribution in [0.1, 0.15) is 17.2 Å². The summed E-state index contributed by atoms with van der Waals surface area (Å²) in [6.07, 6.45) is 0.747. The van der Waals surface area contributed by atoms with Crippen molar-refractivity contribution < 1.29 is 19.4 Å². The molecule has 5 nitrogen and oxygen atoms in total. The summed E-state index contributed by atoms with van der Waals surface area (Å²) in [4.78, 5) is 24.3. The Bertz CT molecular complexity index is 472. The first-order valence-electron chi connectivity index (χ1n) is 5.75. The van der Waals surface area contributed by atoms with E-state index in [9.17, 15) is 9.59 Å². The minimum atomic E-state index is -0.941. The van der Waals surface area contributed by atoms with E-state index in [0.29, 0.717) is 6.54 Å². The van der Waals surface area contributed by atoms with Crippen molar-refractivity contribution in [3.8, 4) is 0 Å². The van der Waals surface area contributed by atoms with Crippen LogP contribution in [0, 0.1) is 0 Å². The van der Waals surface area contributed by atoms with Gasteiger partial charge in [0.2, 0.25) is 0 Å². The SMILES string of the molecule is COC(=O)[C@@H]1c2ccccc2CCN1CC(=O)O. The van der Waals surface area contributed by atoms with Gasteiger partial charge in [-0.15, -0.1) is 0 Å². The van der Waals surface area contributed by atoms with Gasteiger partial charge < -0.3 is 9.84 Å². The summed E-state index contributed by atoms with van der Waals surface area (Å²) in [6.45, 7) is 0.386. The maximum absolute atomic E-state index is 11.9. The standard InChI is InChI=1S/C13H15NO4/c1-18-13(17)12-10-5-3-2-4-9(10)6-7-14(12)8-11(15)16/h2-5,12H,6-8H2,1H3,(H,15,16)/t12-/m0/s1. The Morgan fingerprint density at radius 2 is 2.17 bits per heavy atom. The van der Waals surface area contributed by atoms with E-state index in [4.69, 9.17) is 9.84 Å². The number of esters is 1. The maximum Gasteiger partial charge on any atom is 0.327 e. The summed E-state index contributed by atoms with van der Waals surface area (Å²) in [6, 6.07) is 6.96. The zero-order valence-electron chi connectivity index (χ0n) is 10.1. The van der Waals surface area contributed by atoms with E-state index in [0.717, 1.165) is 17.5 Å². The number of ether oxygens (including phenoxy) is 1. The number of carboxylic acids is 1. The molecule has 1 aliphatic heterocycles. The molecule has 0 fully saturated rings. The Kier molecular flexibility index (Phi) is 3.62. The Morgan fingerprint density at radius 3 is 2.83 bits per heavy atom. The van der Waals surface area contributed by atoms with Crippen molar-refractivity contribution in [1.29, 1.82) is 0 Å². The third-order valence-corrected chi connectivity index (χ3v) is 3.15. The number of carbonyl (C=O) groups excluding carboxylic acids is 1. The second-order valence-corrected chi connectivity index (χ2v) is 4.24. The van der Waals surface area contributed by atoms with Gasteiger partial charge in [-0.1, -0.05) is 24.3 Å². The van der Waals surface area contributed by atoms with E-state index in [1.54, 1.807) is 4.90 Å². The predicted molar refractivity (Wildman–Crippen MR) is 64.1 cm³/mol. The summed E-state index contributed by atoms with van der Waals surface area (Å²) in [5.74, 6) is -1.35. The first kappa shape index (κ1) is 12.6. The normalized spacial score (nSPS) is 19.1. The molecule has 1 N–H and O–H groups in total. The van der Waals surface area contributed by atoms with Gasteiger partial charge in [-0.3, -0.25) is 9.69 Å². The molecule has 0 spiro atoms. The maximum atomic E-state index is 11.9. The average Bonchev–Trinajstić information content (AvgIpc) is 2.37. The van der Waals surface area contributed by atoms with Crippen molar-refractivity contribution in [1.82, 2.24) is 4.90 Å².